The number of carbonyl (C=O) groups is 1. The predicted molar refractivity (Wildman–Crippen MR) is 129 cm³/mol. The Labute approximate surface area is 193 Å². The van der Waals surface area contributed by atoms with Gasteiger partial charge in [-0.3, -0.25) is 4.79 Å². The molecule has 1 aromatic carbocycles. The molecule has 2 aromatic heterocycles. The van der Waals surface area contributed by atoms with Gasteiger partial charge in [0, 0.05) is 30.1 Å². The number of anilines is 2. The van der Waals surface area contributed by atoms with Crippen molar-refractivity contribution in [3.8, 4) is 11.5 Å². The maximum Gasteiger partial charge on any atom is 0.258 e. The number of benzene rings is 1. The third kappa shape index (κ3) is 4.60. The lowest BCUT2D eigenvalue weighted by atomic mass is 10.1. The van der Waals surface area contributed by atoms with Gasteiger partial charge in [0.05, 0.1) is 39.3 Å². The van der Waals surface area contributed by atoms with Crippen molar-refractivity contribution in [2.75, 3.05) is 52.0 Å². The van der Waals surface area contributed by atoms with Gasteiger partial charge in [-0.05, 0) is 43.6 Å². The lowest BCUT2D eigenvalue weighted by molar-refractivity contribution is 0.102. The number of rotatable bonds is 8. The van der Waals surface area contributed by atoms with Gasteiger partial charge < -0.3 is 25.0 Å². The fourth-order valence-corrected chi connectivity index (χ4v) is 4.81. The Kier molecular flexibility index (Phi) is 7.32. The molecule has 0 fully saturated rings. The Hall–Kier alpha value is -2.18. The number of nitrogens with one attached hydrogen (secondary N) is 2. The van der Waals surface area contributed by atoms with E-state index in [4.69, 9.17) is 9.47 Å². The topological polar surface area (TPSA) is 88.6 Å². The highest BCUT2D eigenvalue weighted by molar-refractivity contribution is 14.1. The van der Waals surface area contributed by atoms with Crippen LogP contribution in [0.15, 0.2) is 17.8 Å². The van der Waals surface area contributed by atoms with E-state index in [0.717, 1.165) is 32.7 Å². The van der Waals surface area contributed by atoms with E-state index in [0.29, 0.717) is 28.3 Å². The smallest absolute Gasteiger partial charge is 0.258 e. The Balaban J connectivity index is 1.92. The van der Waals surface area contributed by atoms with E-state index in [2.05, 4.69) is 48.1 Å². The number of thiophene rings is 1. The van der Waals surface area contributed by atoms with Crippen LogP contribution in [0.4, 0.5) is 11.5 Å². The van der Waals surface area contributed by atoms with E-state index in [-0.39, 0.29) is 5.91 Å². The summed E-state index contributed by atoms with van der Waals surface area (Å²) in [5.41, 5.74) is 2.62. The molecule has 160 valence electrons. The molecule has 2 N–H and O–H groups in total. The number of hydrogen-bond donors (Lipinski definition) is 2. The van der Waals surface area contributed by atoms with E-state index in [1.54, 1.807) is 14.2 Å². The summed E-state index contributed by atoms with van der Waals surface area (Å²) in [4.78, 5) is 23.9. The molecule has 3 rings (SSSR count). The Morgan fingerprint density at radius 3 is 2.63 bits per heavy atom. The number of carbonyl (C=O) groups excluding carboxylic acids is 1. The molecule has 0 radical (unpaired) electrons. The predicted octanol–water partition coefficient (Wildman–Crippen LogP) is 3.85. The zero-order valence-electron chi connectivity index (χ0n) is 17.5. The molecule has 0 bridgehead atoms. The number of fused-ring (bicyclic) bond motifs is 1. The van der Waals surface area contributed by atoms with Crippen molar-refractivity contribution in [2.24, 2.45) is 0 Å². The summed E-state index contributed by atoms with van der Waals surface area (Å²) in [6, 6.07) is 1.81. The number of aromatic nitrogens is 2. The first-order valence-electron chi connectivity index (χ1n) is 9.20. The summed E-state index contributed by atoms with van der Waals surface area (Å²) >= 11 is 3.61. The van der Waals surface area contributed by atoms with Crippen LogP contribution in [-0.2, 0) is 0 Å². The van der Waals surface area contributed by atoms with Crippen LogP contribution >= 0.6 is 33.9 Å². The molecule has 0 aliphatic carbocycles. The average Bonchev–Trinajstić information content (AvgIpc) is 3.16. The normalized spacial score (nSPS) is 11.0. The largest absolute Gasteiger partial charge is 0.496 e. The number of hydrogen-bond acceptors (Lipinski definition) is 8. The first-order valence-corrected chi connectivity index (χ1v) is 11.2. The first kappa shape index (κ1) is 22.5. The van der Waals surface area contributed by atoms with Crippen LogP contribution in [0.25, 0.3) is 10.2 Å². The summed E-state index contributed by atoms with van der Waals surface area (Å²) in [6.45, 7) is 3.52. The summed E-state index contributed by atoms with van der Waals surface area (Å²) in [5.74, 6) is 1.78. The highest BCUT2D eigenvalue weighted by Crippen LogP contribution is 2.38. The number of halogens is 1. The first-order chi connectivity index (χ1) is 14.4. The lowest BCUT2D eigenvalue weighted by Gasteiger charge is -2.16. The van der Waals surface area contributed by atoms with Crippen LogP contribution in [0.1, 0.15) is 15.9 Å². The van der Waals surface area contributed by atoms with Gasteiger partial charge in [-0.25, -0.2) is 9.97 Å². The molecule has 0 saturated carbocycles. The molecule has 3 aromatic rings. The minimum Gasteiger partial charge on any atom is -0.496 e. The monoisotopic (exact) mass is 541 g/mol. The maximum absolute atomic E-state index is 13.1. The second-order valence-corrected chi connectivity index (χ2v) is 8.79. The molecular formula is C20H24IN5O3S. The van der Waals surface area contributed by atoms with Crippen LogP contribution in [0.5, 0.6) is 11.5 Å². The van der Waals surface area contributed by atoms with Crippen molar-refractivity contribution in [1.82, 2.24) is 14.9 Å². The standard InChI is InChI=1S/C20H24IN5O3S/c1-11-13(28-4)8-14(29-5)15(21)16(11)25-20(27)12-9-30-18-17(12)23-10-24-19(18)22-6-7-26(2)3/h8-10H,6-7H2,1-5H3,(H,25,27)(H,22,23,24). The van der Waals surface area contributed by atoms with Crippen LogP contribution in [0.3, 0.4) is 0 Å². The summed E-state index contributed by atoms with van der Waals surface area (Å²) < 4.78 is 12.5. The minimum absolute atomic E-state index is 0.240. The zero-order chi connectivity index (χ0) is 21.8. The fourth-order valence-electron chi connectivity index (χ4n) is 2.93. The highest BCUT2D eigenvalue weighted by Gasteiger charge is 2.21. The summed E-state index contributed by atoms with van der Waals surface area (Å²) in [6.07, 6.45) is 1.48. The molecule has 10 heteroatoms. The average molecular weight is 541 g/mol. The van der Waals surface area contributed by atoms with Crippen LogP contribution < -0.4 is 20.1 Å². The van der Waals surface area contributed by atoms with Crippen LogP contribution in [-0.4, -0.2) is 62.2 Å². The molecule has 0 aliphatic rings. The van der Waals surface area contributed by atoms with Crippen LogP contribution in [0, 0.1) is 10.5 Å². The van der Waals surface area contributed by atoms with Gasteiger partial charge in [0.25, 0.3) is 5.91 Å². The number of methoxy groups -OCH3 is 2. The molecule has 30 heavy (non-hydrogen) atoms. The van der Waals surface area contributed by atoms with Crippen molar-refractivity contribution < 1.29 is 14.3 Å². The molecular weight excluding hydrogens is 517 g/mol. The number of amides is 1. The van der Waals surface area contributed by atoms with E-state index < -0.39 is 0 Å². The third-order valence-electron chi connectivity index (χ3n) is 4.57. The van der Waals surface area contributed by atoms with E-state index in [1.165, 1.54) is 17.7 Å². The number of nitrogens with zero attached hydrogens (tertiary/aromatic N) is 3. The fraction of sp³-hybridized carbons (Fsp3) is 0.350. The van der Waals surface area contributed by atoms with Gasteiger partial charge in [0.2, 0.25) is 0 Å². The molecule has 8 nitrogen and oxygen atoms in total. The molecule has 0 aliphatic heterocycles. The number of likely N-dealkylation sites (N-methyl/N-ethyl adjacent to an activating group) is 1. The zero-order valence-corrected chi connectivity index (χ0v) is 20.5. The molecule has 1 amide bonds. The minimum atomic E-state index is -0.240. The van der Waals surface area contributed by atoms with Crippen LogP contribution in [0.2, 0.25) is 0 Å². The Morgan fingerprint density at radius 1 is 1.23 bits per heavy atom. The second-order valence-electron chi connectivity index (χ2n) is 6.83. The van der Waals surface area contributed by atoms with Gasteiger partial charge in [-0.15, -0.1) is 11.3 Å². The van der Waals surface area contributed by atoms with Gasteiger partial charge in [0.1, 0.15) is 23.6 Å². The highest BCUT2D eigenvalue weighted by atomic mass is 127. The molecule has 0 spiro atoms. The van der Waals surface area contributed by atoms with Crippen molar-refractivity contribution in [2.45, 2.75) is 6.92 Å². The third-order valence-corrected chi connectivity index (χ3v) is 6.62. The quantitative estimate of drug-likeness (QED) is 0.419. The molecule has 2 heterocycles. The summed E-state index contributed by atoms with van der Waals surface area (Å²) in [7, 11) is 7.21. The number of ether oxygens (including phenoxy) is 2. The van der Waals surface area contributed by atoms with E-state index in [1.807, 2.05) is 32.5 Å². The Morgan fingerprint density at radius 2 is 1.97 bits per heavy atom. The van der Waals surface area contributed by atoms with Gasteiger partial charge in [-0.1, -0.05) is 0 Å². The molecule has 0 atom stereocenters. The lowest BCUT2D eigenvalue weighted by Crippen LogP contribution is -2.21. The van der Waals surface area contributed by atoms with Crippen molar-refractivity contribution in [3.63, 3.8) is 0 Å². The maximum atomic E-state index is 13.1. The van der Waals surface area contributed by atoms with E-state index >= 15 is 0 Å². The van der Waals surface area contributed by atoms with E-state index in [9.17, 15) is 4.79 Å². The van der Waals surface area contributed by atoms with Crippen molar-refractivity contribution in [1.29, 1.82) is 0 Å². The van der Waals surface area contributed by atoms with Gasteiger partial charge in [-0.2, -0.15) is 0 Å². The molecule has 0 saturated heterocycles. The SMILES string of the molecule is COc1cc(OC)c(I)c(NC(=O)c2csc3c(NCCN(C)C)ncnc23)c1C. The van der Waals surface area contributed by atoms with Gasteiger partial charge in [0.15, 0.2) is 0 Å². The van der Waals surface area contributed by atoms with Gasteiger partial charge >= 0.3 is 0 Å². The summed E-state index contributed by atoms with van der Waals surface area (Å²) in [5, 5.41) is 8.14. The Bertz CT molecular complexity index is 1040. The molecule has 0 unspecified atom stereocenters. The second kappa shape index (κ2) is 9.75. The van der Waals surface area contributed by atoms with Crippen molar-refractivity contribution >= 4 is 61.6 Å². The van der Waals surface area contributed by atoms with Crippen molar-refractivity contribution in [3.05, 3.63) is 32.5 Å².